The molecule has 30 heavy (non-hydrogen) atoms. The number of benzene rings is 1. The van der Waals surface area contributed by atoms with E-state index in [1.54, 1.807) is 6.07 Å². The van der Waals surface area contributed by atoms with E-state index in [2.05, 4.69) is 10.2 Å². The van der Waals surface area contributed by atoms with E-state index < -0.39 is 10.0 Å². The number of ether oxygens (including phenoxy) is 2. The van der Waals surface area contributed by atoms with Gasteiger partial charge in [-0.1, -0.05) is 11.6 Å². The molecule has 2 aliphatic rings. The van der Waals surface area contributed by atoms with Gasteiger partial charge in [-0.3, -0.25) is 9.69 Å². The molecule has 8 nitrogen and oxygen atoms in total. The lowest BCUT2D eigenvalue weighted by Gasteiger charge is -2.31. The van der Waals surface area contributed by atoms with Gasteiger partial charge in [-0.2, -0.15) is 4.31 Å². The monoisotopic (exact) mass is 459 g/mol. The summed E-state index contributed by atoms with van der Waals surface area (Å²) in [5.74, 6) is -0.203. The Morgan fingerprint density at radius 2 is 2.07 bits per heavy atom. The minimum atomic E-state index is -3.81. The van der Waals surface area contributed by atoms with Crippen molar-refractivity contribution >= 4 is 27.5 Å². The first-order valence-corrected chi connectivity index (χ1v) is 12.1. The SMILES string of the molecule is COc1ccc(Cl)cc1S(=O)(=O)N1CCC[C@@H](C(=O)NCCCN2CCOCC2)C1. The number of halogens is 1. The molecular formula is C20H30ClN3O5S. The average Bonchev–Trinajstić information content (AvgIpc) is 2.77. The fourth-order valence-electron chi connectivity index (χ4n) is 3.85. The second-order valence-corrected chi connectivity index (χ2v) is 9.94. The Kier molecular flexibility index (Phi) is 8.35. The highest BCUT2D eigenvalue weighted by Crippen LogP contribution is 2.31. The number of carbonyl (C=O) groups excluding carboxylic acids is 1. The van der Waals surface area contributed by atoms with Crippen LogP contribution in [0.1, 0.15) is 19.3 Å². The van der Waals surface area contributed by atoms with Crippen molar-refractivity contribution in [1.82, 2.24) is 14.5 Å². The highest BCUT2D eigenvalue weighted by atomic mass is 35.5. The Morgan fingerprint density at radius 1 is 1.30 bits per heavy atom. The number of nitrogens with zero attached hydrogens (tertiary/aromatic N) is 2. The second kappa shape index (κ2) is 10.8. The Labute approximate surface area is 183 Å². The van der Waals surface area contributed by atoms with Crippen LogP contribution in [0.25, 0.3) is 0 Å². The smallest absolute Gasteiger partial charge is 0.246 e. The van der Waals surface area contributed by atoms with Crippen LogP contribution < -0.4 is 10.1 Å². The first-order valence-electron chi connectivity index (χ1n) is 10.3. The lowest BCUT2D eigenvalue weighted by atomic mass is 9.99. The molecule has 0 spiro atoms. The summed E-state index contributed by atoms with van der Waals surface area (Å²) >= 11 is 6.01. The molecule has 1 aromatic carbocycles. The molecule has 0 saturated carbocycles. The van der Waals surface area contributed by atoms with E-state index in [1.165, 1.54) is 23.5 Å². The largest absolute Gasteiger partial charge is 0.495 e. The molecule has 0 unspecified atom stereocenters. The molecule has 10 heteroatoms. The summed E-state index contributed by atoms with van der Waals surface area (Å²) in [4.78, 5) is 15.0. The van der Waals surface area contributed by atoms with Crippen LogP contribution in [0.3, 0.4) is 0 Å². The lowest BCUT2D eigenvalue weighted by Crippen LogP contribution is -2.46. The van der Waals surface area contributed by atoms with Crippen molar-refractivity contribution in [3.8, 4) is 5.75 Å². The zero-order valence-corrected chi connectivity index (χ0v) is 18.9. The van der Waals surface area contributed by atoms with Crippen LogP contribution in [0.5, 0.6) is 5.75 Å². The molecule has 1 N–H and O–H groups in total. The van der Waals surface area contributed by atoms with Crippen molar-refractivity contribution in [1.29, 1.82) is 0 Å². The van der Waals surface area contributed by atoms with E-state index in [4.69, 9.17) is 21.1 Å². The van der Waals surface area contributed by atoms with Crippen molar-refractivity contribution < 1.29 is 22.7 Å². The predicted octanol–water partition coefficient (Wildman–Crippen LogP) is 1.59. The van der Waals surface area contributed by atoms with Gasteiger partial charge in [0.25, 0.3) is 0 Å². The summed E-state index contributed by atoms with van der Waals surface area (Å²) in [6.45, 7) is 5.41. The summed E-state index contributed by atoms with van der Waals surface area (Å²) in [5, 5.41) is 3.29. The summed E-state index contributed by atoms with van der Waals surface area (Å²) in [6.07, 6.45) is 2.17. The molecule has 1 atom stereocenters. The molecule has 2 heterocycles. The minimum absolute atomic E-state index is 0.0315. The van der Waals surface area contributed by atoms with E-state index in [-0.39, 0.29) is 29.0 Å². The molecule has 2 fully saturated rings. The molecule has 0 aliphatic carbocycles. The number of rotatable bonds is 8. The number of carbonyl (C=O) groups is 1. The Hall–Kier alpha value is -1.39. The van der Waals surface area contributed by atoms with E-state index >= 15 is 0 Å². The van der Waals surface area contributed by atoms with Gasteiger partial charge in [0.1, 0.15) is 10.6 Å². The Bertz CT molecular complexity index is 830. The van der Waals surface area contributed by atoms with Crippen molar-refractivity contribution in [2.45, 2.75) is 24.2 Å². The highest BCUT2D eigenvalue weighted by molar-refractivity contribution is 7.89. The number of sulfonamides is 1. The third-order valence-electron chi connectivity index (χ3n) is 5.55. The van der Waals surface area contributed by atoms with Crippen molar-refractivity contribution in [2.24, 2.45) is 5.92 Å². The van der Waals surface area contributed by atoms with Gasteiger partial charge in [-0.05, 0) is 44.0 Å². The first kappa shape index (κ1) is 23.3. The van der Waals surface area contributed by atoms with E-state index in [0.29, 0.717) is 31.0 Å². The van der Waals surface area contributed by atoms with Gasteiger partial charge >= 0.3 is 0 Å². The number of hydrogen-bond donors (Lipinski definition) is 1. The summed E-state index contributed by atoms with van der Waals surface area (Å²) in [7, 11) is -2.39. The number of nitrogens with one attached hydrogen (secondary N) is 1. The normalized spacial score (nSPS) is 21.3. The standard InChI is InChI=1S/C20H30ClN3O5S/c1-28-18-6-5-17(21)14-19(18)30(26,27)24-9-2-4-16(15-24)20(25)22-7-3-8-23-10-12-29-13-11-23/h5-6,14,16H,2-4,7-13,15H2,1H3,(H,22,25)/t16-/m1/s1. The van der Waals surface area contributed by atoms with Crippen LogP contribution in [0.4, 0.5) is 0 Å². The topological polar surface area (TPSA) is 88.2 Å². The van der Waals surface area contributed by atoms with Gasteiger partial charge in [0, 0.05) is 37.7 Å². The number of piperidine rings is 1. The van der Waals surface area contributed by atoms with Gasteiger partial charge in [0.15, 0.2) is 0 Å². The maximum Gasteiger partial charge on any atom is 0.246 e. The second-order valence-electron chi connectivity index (χ2n) is 7.60. The molecule has 2 saturated heterocycles. The van der Waals surface area contributed by atoms with Crippen LogP contribution in [-0.2, 0) is 19.6 Å². The van der Waals surface area contributed by atoms with E-state index in [1.807, 2.05) is 0 Å². The van der Waals surface area contributed by atoms with E-state index in [9.17, 15) is 13.2 Å². The van der Waals surface area contributed by atoms with Crippen molar-refractivity contribution in [2.75, 3.05) is 59.6 Å². The van der Waals surface area contributed by atoms with Crippen molar-refractivity contribution in [3.05, 3.63) is 23.2 Å². The maximum atomic E-state index is 13.2. The maximum absolute atomic E-state index is 13.2. The number of morpholine rings is 1. The lowest BCUT2D eigenvalue weighted by molar-refractivity contribution is -0.126. The molecule has 3 rings (SSSR count). The number of amides is 1. The van der Waals surface area contributed by atoms with Crippen LogP contribution in [0, 0.1) is 5.92 Å². The Balaban J connectivity index is 1.55. The third-order valence-corrected chi connectivity index (χ3v) is 7.67. The van der Waals surface area contributed by atoms with Crippen LogP contribution in [0.15, 0.2) is 23.1 Å². The summed E-state index contributed by atoms with van der Waals surface area (Å²) in [5.41, 5.74) is 0. The molecule has 0 bridgehead atoms. The third kappa shape index (κ3) is 5.85. The molecule has 0 radical (unpaired) electrons. The Morgan fingerprint density at radius 3 is 2.80 bits per heavy atom. The quantitative estimate of drug-likeness (QED) is 0.594. The predicted molar refractivity (Wildman–Crippen MR) is 114 cm³/mol. The van der Waals surface area contributed by atoms with Gasteiger partial charge in [0.2, 0.25) is 15.9 Å². The molecular weight excluding hydrogens is 430 g/mol. The van der Waals surface area contributed by atoms with Crippen LogP contribution in [0.2, 0.25) is 5.02 Å². The highest BCUT2D eigenvalue weighted by Gasteiger charge is 2.34. The van der Waals surface area contributed by atoms with E-state index in [0.717, 1.165) is 39.3 Å². The van der Waals surface area contributed by atoms with Gasteiger partial charge < -0.3 is 14.8 Å². The molecule has 168 valence electrons. The van der Waals surface area contributed by atoms with Crippen LogP contribution >= 0.6 is 11.6 Å². The summed E-state index contributed by atoms with van der Waals surface area (Å²) < 4.78 is 38.2. The van der Waals surface area contributed by atoms with Gasteiger partial charge in [-0.25, -0.2) is 8.42 Å². The fraction of sp³-hybridized carbons (Fsp3) is 0.650. The molecule has 0 aromatic heterocycles. The number of methoxy groups -OCH3 is 1. The molecule has 1 amide bonds. The van der Waals surface area contributed by atoms with Gasteiger partial charge in [-0.15, -0.1) is 0 Å². The van der Waals surface area contributed by atoms with Crippen LogP contribution in [-0.4, -0.2) is 83.1 Å². The first-order chi connectivity index (χ1) is 14.4. The van der Waals surface area contributed by atoms with Crippen molar-refractivity contribution in [3.63, 3.8) is 0 Å². The molecule has 2 aliphatic heterocycles. The fourth-order valence-corrected chi connectivity index (χ4v) is 5.79. The molecule has 1 aromatic rings. The zero-order valence-electron chi connectivity index (χ0n) is 17.3. The summed E-state index contributed by atoms with van der Waals surface area (Å²) in [6, 6.07) is 4.52. The average molecular weight is 460 g/mol. The minimum Gasteiger partial charge on any atom is -0.495 e. The van der Waals surface area contributed by atoms with Gasteiger partial charge in [0.05, 0.1) is 26.2 Å². The number of hydrogen-bond acceptors (Lipinski definition) is 6. The zero-order chi connectivity index (χ0) is 21.6.